The Kier molecular flexibility index (Phi) is 6.32. The van der Waals surface area contributed by atoms with Gasteiger partial charge in [0.1, 0.15) is 11.5 Å². The predicted octanol–water partition coefficient (Wildman–Crippen LogP) is 5.20. The first kappa shape index (κ1) is 21.7. The molecule has 0 aliphatic heterocycles. The minimum absolute atomic E-state index is 0.148. The van der Waals surface area contributed by atoms with Crippen molar-refractivity contribution in [3.63, 3.8) is 0 Å². The van der Waals surface area contributed by atoms with E-state index in [4.69, 9.17) is 0 Å². The number of para-hydroxylation sites is 1. The number of carbonyl (C=O) groups excluding carboxylic acids is 1. The molecule has 0 fully saturated rings. The second-order valence-electron chi connectivity index (χ2n) is 7.38. The lowest BCUT2D eigenvalue weighted by Crippen LogP contribution is -2.23. The third kappa shape index (κ3) is 4.55. The summed E-state index contributed by atoms with van der Waals surface area (Å²) in [4.78, 5) is 17.2. The van der Waals surface area contributed by atoms with Gasteiger partial charge in [-0.25, -0.2) is 4.39 Å². The zero-order valence-electron chi connectivity index (χ0n) is 17.9. The number of pyridine rings is 1. The first-order valence-corrected chi connectivity index (χ1v) is 11.0. The number of nitrogens with one attached hydrogen (secondary N) is 1. The number of thioether (sulfide) groups is 1. The SMILES string of the molecule is Cc1ccc(-n2c(SC(C)C(=O)Nc3ccccc3F)nnc2-c2ccccn2)c(C)c1. The zero-order chi connectivity index (χ0) is 22.7. The average Bonchev–Trinajstić information content (AvgIpc) is 3.19. The molecule has 4 rings (SSSR count). The van der Waals surface area contributed by atoms with E-state index in [-0.39, 0.29) is 11.6 Å². The van der Waals surface area contributed by atoms with Crippen molar-refractivity contribution in [2.24, 2.45) is 0 Å². The molecule has 1 atom stereocenters. The number of carbonyl (C=O) groups is 1. The van der Waals surface area contributed by atoms with Crippen molar-refractivity contribution in [3.8, 4) is 17.2 Å². The number of aryl methyl sites for hydroxylation is 2. The van der Waals surface area contributed by atoms with Crippen LogP contribution in [-0.2, 0) is 4.79 Å². The minimum atomic E-state index is -0.542. The summed E-state index contributed by atoms with van der Waals surface area (Å²) >= 11 is 1.25. The van der Waals surface area contributed by atoms with Crippen LogP contribution in [0.5, 0.6) is 0 Å². The van der Waals surface area contributed by atoms with Gasteiger partial charge in [-0.2, -0.15) is 0 Å². The molecule has 2 aromatic heterocycles. The molecule has 0 spiro atoms. The molecule has 0 bridgehead atoms. The molecular weight excluding hydrogens is 425 g/mol. The summed E-state index contributed by atoms with van der Waals surface area (Å²) < 4.78 is 15.9. The fourth-order valence-corrected chi connectivity index (χ4v) is 4.15. The maximum absolute atomic E-state index is 13.9. The Bertz CT molecular complexity index is 1260. The van der Waals surface area contributed by atoms with Gasteiger partial charge in [-0.3, -0.25) is 14.3 Å². The molecular formula is C24H22FN5OS. The minimum Gasteiger partial charge on any atom is -0.323 e. The van der Waals surface area contributed by atoms with Crippen molar-refractivity contribution >= 4 is 23.4 Å². The highest BCUT2D eigenvalue weighted by Crippen LogP contribution is 2.31. The lowest BCUT2D eigenvalue weighted by molar-refractivity contribution is -0.115. The predicted molar refractivity (Wildman–Crippen MR) is 124 cm³/mol. The van der Waals surface area contributed by atoms with E-state index in [0.717, 1.165) is 16.8 Å². The number of nitrogens with zero attached hydrogens (tertiary/aromatic N) is 4. The van der Waals surface area contributed by atoms with E-state index in [0.29, 0.717) is 16.7 Å². The van der Waals surface area contributed by atoms with Gasteiger partial charge in [-0.15, -0.1) is 10.2 Å². The molecule has 6 nitrogen and oxygen atoms in total. The average molecular weight is 448 g/mol. The fourth-order valence-electron chi connectivity index (χ4n) is 3.29. The van der Waals surface area contributed by atoms with E-state index in [9.17, 15) is 9.18 Å². The van der Waals surface area contributed by atoms with Crippen molar-refractivity contribution < 1.29 is 9.18 Å². The summed E-state index contributed by atoms with van der Waals surface area (Å²) in [7, 11) is 0. The number of amides is 1. The summed E-state index contributed by atoms with van der Waals surface area (Å²) in [6, 6.07) is 17.8. The molecule has 2 aromatic carbocycles. The molecule has 1 unspecified atom stereocenters. The van der Waals surface area contributed by atoms with E-state index in [1.807, 2.05) is 48.7 Å². The highest BCUT2D eigenvalue weighted by Gasteiger charge is 2.23. The molecule has 0 saturated carbocycles. The molecule has 0 aliphatic rings. The number of anilines is 1. The molecule has 1 amide bonds. The number of aromatic nitrogens is 4. The van der Waals surface area contributed by atoms with Crippen LogP contribution in [0, 0.1) is 19.7 Å². The number of benzene rings is 2. The van der Waals surface area contributed by atoms with Crippen LogP contribution in [0.4, 0.5) is 10.1 Å². The molecule has 1 N–H and O–H groups in total. The van der Waals surface area contributed by atoms with E-state index in [2.05, 4.69) is 26.6 Å². The molecule has 8 heteroatoms. The van der Waals surface area contributed by atoms with E-state index in [1.165, 1.54) is 23.9 Å². The molecule has 32 heavy (non-hydrogen) atoms. The van der Waals surface area contributed by atoms with Crippen molar-refractivity contribution in [1.29, 1.82) is 0 Å². The number of halogens is 1. The van der Waals surface area contributed by atoms with E-state index < -0.39 is 11.1 Å². The van der Waals surface area contributed by atoms with Gasteiger partial charge in [-0.1, -0.05) is 47.7 Å². The standard InChI is InChI=1S/C24H22FN5OS/c1-15-11-12-21(16(2)14-15)30-22(20-10-6-7-13-26-20)28-29-24(30)32-17(3)23(31)27-19-9-5-4-8-18(19)25/h4-14,17H,1-3H3,(H,27,31). The third-order valence-corrected chi connectivity index (χ3v) is 5.95. The van der Waals surface area contributed by atoms with Crippen LogP contribution in [0.25, 0.3) is 17.2 Å². The van der Waals surface area contributed by atoms with Crippen molar-refractivity contribution in [1.82, 2.24) is 19.7 Å². The van der Waals surface area contributed by atoms with Gasteiger partial charge >= 0.3 is 0 Å². The van der Waals surface area contributed by atoms with Gasteiger partial charge < -0.3 is 5.32 Å². The second kappa shape index (κ2) is 9.32. The maximum atomic E-state index is 13.9. The first-order chi connectivity index (χ1) is 15.4. The number of hydrogen-bond acceptors (Lipinski definition) is 5. The van der Waals surface area contributed by atoms with Gasteiger partial charge in [-0.05, 0) is 56.7 Å². The summed E-state index contributed by atoms with van der Waals surface area (Å²) in [5.74, 6) is -0.217. The molecule has 2 heterocycles. The third-order valence-electron chi connectivity index (χ3n) is 4.90. The van der Waals surface area contributed by atoms with Gasteiger partial charge in [0, 0.05) is 6.20 Å². The van der Waals surface area contributed by atoms with Crippen LogP contribution in [0.2, 0.25) is 0 Å². The van der Waals surface area contributed by atoms with E-state index >= 15 is 0 Å². The number of rotatable bonds is 6. The highest BCUT2D eigenvalue weighted by atomic mass is 32.2. The Morgan fingerprint density at radius 3 is 2.56 bits per heavy atom. The normalized spacial score (nSPS) is 11.9. The zero-order valence-corrected chi connectivity index (χ0v) is 18.7. The van der Waals surface area contributed by atoms with Crippen LogP contribution in [0.1, 0.15) is 18.1 Å². The molecule has 0 saturated heterocycles. The van der Waals surface area contributed by atoms with Crippen LogP contribution in [0.3, 0.4) is 0 Å². The number of hydrogen-bond donors (Lipinski definition) is 1. The van der Waals surface area contributed by atoms with Crippen molar-refractivity contribution in [2.45, 2.75) is 31.2 Å². The Balaban J connectivity index is 1.69. The monoisotopic (exact) mass is 447 g/mol. The van der Waals surface area contributed by atoms with Gasteiger partial charge in [0.05, 0.1) is 16.6 Å². The van der Waals surface area contributed by atoms with Gasteiger partial charge in [0.15, 0.2) is 11.0 Å². The molecule has 0 aliphatic carbocycles. The van der Waals surface area contributed by atoms with Crippen LogP contribution < -0.4 is 5.32 Å². The largest absolute Gasteiger partial charge is 0.323 e. The maximum Gasteiger partial charge on any atom is 0.237 e. The Hall–Kier alpha value is -3.52. The van der Waals surface area contributed by atoms with Gasteiger partial charge in [0.25, 0.3) is 0 Å². The Labute approximate surface area is 189 Å². The quantitative estimate of drug-likeness (QED) is 0.411. The Morgan fingerprint density at radius 1 is 1.06 bits per heavy atom. The van der Waals surface area contributed by atoms with Gasteiger partial charge in [0.2, 0.25) is 5.91 Å². The summed E-state index contributed by atoms with van der Waals surface area (Å²) in [5, 5.41) is 11.4. The lowest BCUT2D eigenvalue weighted by Gasteiger charge is -2.16. The molecule has 4 aromatic rings. The summed E-state index contributed by atoms with van der Waals surface area (Å²) in [5.41, 5.74) is 3.92. The smallest absolute Gasteiger partial charge is 0.237 e. The molecule has 162 valence electrons. The second-order valence-corrected chi connectivity index (χ2v) is 8.68. The van der Waals surface area contributed by atoms with Crippen LogP contribution in [0.15, 0.2) is 72.0 Å². The van der Waals surface area contributed by atoms with Crippen molar-refractivity contribution in [3.05, 3.63) is 83.8 Å². The summed E-state index contributed by atoms with van der Waals surface area (Å²) in [6.07, 6.45) is 1.70. The van der Waals surface area contributed by atoms with Crippen LogP contribution >= 0.6 is 11.8 Å². The lowest BCUT2D eigenvalue weighted by atomic mass is 10.1. The fraction of sp³-hybridized carbons (Fsp3) is 0.167. The molecule has 0 radical (unpaired) electrons. The van der Waals surface area contributed by atoms with E-state index in [1.54, 1.807) is 25.3 Å². The summed E-state index contributed by atoms with van der Waals surface area (Å²) in [6.45, 7) is 5.81. The first-order valence-electron chi connectivity index (χ1n) is 10.1. The highest BCUT2D eigenvalue weighted by molar-refractivity contribution is 8.00. The topological polar surface area (TPSA) is 72.7 Å². The van der Waals surface area contributed by atoms with Crippen LogP contribution in [-0.4, -0.2) is 30.9 Å². The Morgan fingerprint density at radius 2 is 1.84 bits per heavy atom. The van der Waals surface area contributed by atoms with Crippen molar-refractivity contribution in [2.75, 3.05) is 5.32 Å².